The minimum Gasteiger partial charge on any atom is -0.495 e. The first-order valence-corrected chi connectivity index (χ1v) is 9.24. The smallest absolute Gasteiger partial charge is 0.324 e. The highest BCUT2D eigenvalue weighted by Crippen LogP contribution is 2.32. The van der Waals surface area contributed by atoms with Crippen molar-refractivity contribution in [1.82, 2.24) is 10.9 Å². The molecule has 0 bridgehead atoms. The molecule has 1 heterocycles. The molecule has 1 aliphatic rings. The third-order valence-corrected chi connectivity index (χ3v) is 5.52. The normalized spacial score (nSPS) is 20.7. The molecule has 3 N–H and O–H groups in total. The van der Waals surface area contributed by atoms with Crippen molar-refractivity contribution >= 4 is 33.3 Å². The zero-order chi connectivity index (χ0) is 17.9. The van der Waals surface area contributed by atoms with Crippen molar-refractivity contribution in [3.8, 4) is 5.75 Å². The Bertz CT molecular complexity index is 725. The van der Waals surface area contributed by atoms with Gasteiger partial charge >= 0.3 is 5.97 Å². The van der Waals surface area contributed by atoms with Gasteiger partial charge in [0.1, 0.15) is 17.2 Å². The van der Waals surface area contributed by atoms with Crippen molar-refractivity contribution in [2.75, 3.05) is 18.4 Å². The highest BCUT2D eigenvalue weighted by Gasteiger charge is 2.38. The zero-order valence-electron chi connectivity index (χ0n) is 13.6. The van der Waals surface area contributed by atoms with Gasteiger partial charge in [0.15, 0.2) is 0 Å². The van der Waals surface area contributed by atoms with Crippen LogP contribution in [0.1, 0.15) is 18.9 Å². The van der Waals surface area contributed by atoms with Crippen LogP contribution in [0.25, 0.3) is 0 Å². The number of anilines is 1. The molecule has 1 aromatic rings. The van der Waals surface area contributed by atoms with E-state index < -0.39 is 27.4 Å². The fraction of sp³-hybridized carbons (Fsp3) is 0.500. The maximum absolute atomic E-state index is 12.5. The van der Waals surface area contributed by atoms with Crippen LogP contribution >= 0.6 is 11.6 Å². The number of carbonyl (C=O) groups excluding carboxylic acids is 1. The predicted octanol–water partition coefficient (Wildman–Crippen LogP) is 1.15. The molecule has 2 unspecified atom stereocenters. The number of hydrogen-bond donors (Lipinski definition) is 3. The molecule has 1 aromatic carbocycles. The van der Waals surface area contributed by atoms with Crippen LogP contribution in [-0.2, 0) is 19.6 Å². The number of rotatable bonds is 6. The molecule has 8 nitrogen and oxygen atoms in total. The minimum absolute atomic E-state index is 0.0447. The maximum Gasteiger partial charge on any atom is 0.324 e. The number of hydrazine groups is 1. The Morgan fingerprint density at radius 2 is 2.12 bits per heavy atom. The van der Waals surface area contributed by atoms with Crippen molar-refractivity contribution in [2.45, 2.75) is 31.7 Å². The second kappa shape index (κ2) is 7.56. The second-order valence-electron chi connectivity index (χ2n) is 5.27. The van der Waals surface area contributed by atoms with E-state index in [2.05, 4.69) is 15.6 Å². The lowest BCUT2D eigenvalue weighted by atomic mass is 10.2. The van der Waals surface area contributed by atoms with Gasteiger partial charge in [-0.05, 0) is 25.5 Å². The van der Waals surface area contributed by atoms with Gasteiger partial charge in [0.2, 0.25) is 10.0 Å². The lowest BCUT2D eigenvalue weighted by molar-refractivity contribution is -0.145. The zero-order valence-corrected chi connectivity index (χ0v) is 15.1. The van der Waals surface area contributed by atoms with Crippen molar-refractivity contribution in [1.29, 1.82) is 0 Å². The SMILES string of the molecule is CCOC(=O)C1CC(S(=O)(=O)Nc2cc(C)c(Cl)cc2OC)NN1. The number of ether oxygens (including phenoxy) is 2. The number of carbonyl (C=O) groups is 1. The van der Waals surface area contributed by atoms with Gasteiger partial charge in [-0.2, -0.15) is 0 Å². The Kier molecular flexibility index (Phi) is 5.92. The van der Waals surface area contributed by atoms with Crippen LogP contribution in [0.3, 0.4) is 0 Å². The summed E-state index contributed by atoms with van der Waals surface area (Å²) in [6.45, 7) is 3.67. The topological polar surface area (TPSA) is 106 Å². The van der Waals surface area contributed by atoms with Crippen molar-refractivity contribution in [3.63, 3.8) is 0 Å². The summed E-state index contributed by atoms with van der Waals surface area (Å²) >= 11 is 6.02. The number of hydrogen-bond acceptors (Lipinski definition) is 7. The number of sulfonamides is 1. The van der Waals surface area contributed by atoms with Gasteiger partial charge in [-0.25, -0.2) is 19.3 Å². The lowest BCUT2D eigenvalue weighted by Crippen LogP contribution is -2.41. The molecule has 0 radical (unpaired) electrons. The van der Waals surface area contributed by atoms with Gasteiger partial charge in [-0.15, -0.1) is 0 Å². The van der Waals surface area contributed by atoms with E-state index in [1.807, 2.05) is 0 Å². The van der Waals surface area contributed by atoms with E-state index in [0.717, 1.165) is 0 Å². The summed E-state index contributed by atoms with van der Waals surface area (Å²) in [5, 5.41) is -0.523. The number of esters is 1. The number of nitrogens with one attached hydrogen (secondary N) is 3. The molecule has 2 rings (SSSR count). The first-order chi connectivity index (χ1) is 11.3. The van der Waals surface area contributed by atoms with E-state index in [-0.39, 0.29) is 18.7 Å². The van der Waals surface area contributed by atoms with Crippen molar-refractivity contribution in [2.24, 2.45) is 0 Å². The Hall–Kier alpha value is -1.55. The molecule has 1 fully saturated rings. The fourth-order valence-electron chi connectivity index (χ4n) is 2.26. The molecule has 0 aromatic heterocycles. The monoisotopic (exact) mass is 377 g/mol. The standard InChI is InChI=1S/C14H20ClN3O5S/c1-4-23-14(19)11-7-13(17-16-11)24(20,21)18-10-5-8(2)9(15)6-12(10)22-3/h5-6,11,13,16-18H,4,7H2,1-3H3. The maximum atomic E-state index is 12.5. The first kappa shape index (κ1) is 18.8. The number of aryl methyl sites for hydroxylation is 1. The fourth-order valence-corrected chi connectivity index (χ4v) is 3.69. The largest absolute Gasteiger partial charge is 0.495 e. The van der Waals surface area contributed by atoms with Gasteiger partial charge in [-0.3, -0.25) is 9.52 Å². The summed E-state index contributed by atoms with van der Waals surface area (Å²) in [4.78, 5) is 11.7. The lowest BCUT2D eigenvalue weighted by Gasteiger charge is -2.16. The van der Waals surface area contributed by atoms with Gasteiger partial charge < -0.3 is 9.47 Å². The van der Waals surface area contributed by atoms with E-state index >= 15 is 0 Å². The minimum atomic E-state index is -3.81. The average Bonchev–Trinajstić information content (AvgIpc) is 3.01. The molecule has 2 atom stereocenters. The molecular weight excluding hydrogens is 358 g/mol. The molecule has 0 spiro atoms. The van der Waals surface area contributed by atoms with Crippen LogP contribution in [-0.4, -0.2) is 39.5 Å². The van der Waals surface area contributed by atoms with Gasteiger partial charge in [0.25, 0.3) is 0 Å². The molecule has 1 aliphatic heterocycles. The Labute approximate surface area is 145 Å². The Morgan fingerprint density at radius 1 is 1.42 bits per heavy atom. The van der Waals surface area contributed by atoms with Crippen LogP contribution in [0.2, 0.25) is 5.02 Å². The molecule has 0 aliphatic carbocycles. The number of methoxy groups -OCH3 is 1. The van der Waals surface area contributed by atoms with Crippen LogP contribution in [0.4, 0.5) is 5.69 Å². The number of halogens is 1. The van der Waals surface area contributed by atoms with Crippen molar-refractivity contribution < 1.29 is 22.7 Å². The molecule has 10 heteroatoms. The van der Waals surface area contributed by atoms with E-state index in [1.165, 1.54) is 13.2 Å². The van der Waals surface area contributed by atoms with E-state index in [0.29, 0.717) is 16.3 Å². The van der Waals surface area contributed by atoms with Gasteiger partial charge in [0, 0.05) is 17.5 Å². The summed E-state index contributed by atoms with van der Waals surface area (Å²) < 4.78 is 37.6. The average molecular weight is 378 g/mol. The predicted molar refractivity (Wildman–Crippen MR) is 90.4 cm³/mol. The summed E-state index contributed by atoms with van der Waals surface area (Å²) in [6.07, 6.45) is 0.0447. The summed E-state index contributed by atoms with van der Waals surface area (Å²) in [5.74, 6) is -0.190. The first-order valence-electron chi connectivity index (χ1n) is 7.32. The number of benzene rings is 1. The van der Waals surface area contributed by atoms with E-state index in [4.69, 9.17) is 21.1 Å². The van der Waals surface area contributed by atoms with Crippen molar-refractivity contribution in [3.05, 3.63) is 22.7 Å². The van der Waals surface area contributed by atoms with Gasteiger partial charge in [0.05, 0.1) is 19.4 Å². The van der Waals surface area contributed by atoms with Crippen LogP contribution in [0, 0.1) is 6.92 Å². The van der Waals surface area contributed by atoms with Crippen LogP contribution < -0.4 is 20.3 Å². The quantitative estimate of drug-likeness (QED) is 0.638. The summed E-state index contributed by atoms with van der Waals surface area (Å²) in [7, 11) is -2.39. The second-order valence-corrected chi connectivity index (χ2v) is 7.54. The van der Waals surface area contributed by atoms with E-state index in [9.17, 15) is 13.2 Å². The molecule has 134 valence electrons. The van der Waals surface area contributed by atoms with Crippen LogP contribution in [0.5, 0.6) is 5.75 Å². The molecule has 0 saturated carbocycles. The Balaban J connectivity index is 2.15. The van der Waals surface area contributed by atoms with Gasteiger partial charge in [-0.1, -0.05) is 11.6 Å². The van der Waals surface area contributed by atoms with Crippen LogP contribution in [0.15, 0.2) is 12.1 Å². The third kappa shape index (κ3) is 4.10. The highest BCUT2D eigenvalue weighted by atomic mass is 35.5. The highest BCUT2D eigenvalue weighted by molar-refractivity contribution is 7.93. The third-order valence-electron chi connectivity index (χ3n) is 3.55. The molecule has 0 amide bonds. The summed E-state index contributed by atoms with van der Waals surface area (Å²) in [6, 6.07) is 2.40. The molecular formula is C14H20ClN3O5S. The molecule has 24 heavy (non-hydrogen) atoms. The van der Waals surface area contributed by atoms with E-state index in [1.54, 1.807) is 19.9 Å². The summed E-state index contributed by atoms with van der Waals surface area (Å²) in [5.41, 5.74) is 6.22. The Morgan fingerprint density at radius 3 is 2.75 bits per heavy atom. The molecule has 1 saturated heterocycles.